The highest BCUT2D eigenvalue weighted by Gasteiger charge is 2.33. The summed E-state index contributed by atoms with van der Waals surface area (Å²) in [5.74, 6) is -1.17. The molecule has 206 valence electrons. The molecule has 0 unspecified atom stereocenters. The highest BCUT2D eigenvalue weighted by atomic mass is 35.5. The average molecular weight is 592 g/mol. The Morgan fingerprint density at radius 2 is 1.67 bits per heavy atom. The number of aliphatic imine (C=N–C) groups is 1. The van der Waals surface area contributed by atoms with Crippen LogP contribution in [-0.2, 0) is 20.0 Å². The number of hydrogen-bond acceptors (Lipinski definition) is 6. The zero-order valence-electron chi connectivity index (χ0n) is 21.2. The van der Waals surface area contributed by atoms with Crippen molar-refractivity contribution in [3.05, 3.63) is 101 Å². The third-order valence-corrected chi connectivity index (χ3v) is 9.42. The van der Waals surface area contributed by atoms with Crippen LogP contribution in [0.15, 0.2) is 93.9 Å². The Balaban J connectivity index is 1.74. The van der Waals surface area contributed by atoms with Gasteiger partial charge >= 0.3 is 0 Å². The van der Waals surface area contributed by atoms with Gasteiger partial charge in [0.1, 0.15) is 5.82 Å². The van der Waals surface area contributed by atoms with Crippen molar-refractivity contribution in [2.24, 2.45) is 10.1 Å². The monoisotopic (exact) mass is 591 g/mol. The maximum absolute atomic E-state index is 13.7. The van der Waals surface area contributed by atoms with Gasteiger partial charge in [0, 0.05) is 25.0 Å². The van der Waals surface area contributed by atoms with Crippen molar-refractivity contribution in [2.75, 3.05) is 32.9 Å². The molecule has 0 radical (unpaired) electrons. The second kappa shape index (κ2) is 11.8. The minimum absolute atomic E-state index is 0.0537. The summed E-state index contributed by atoms with van der Waals surface area (Å²) >= 11 is 5.92. The molecule has 0 saturated carbocycles. The van der Waals surface area contributed by atoms with Gasteiger partial charge in [-0.15, -0.1) is 0 Å². The molecular weight excluding hydrogens is 565 g/mol. The first kappa shape index (κ1) is 28.7. The summed E-state index contributed by atoms with van der Waals surface area (Å²) in [7, 11) is -4.89. The van der Waals surface area contributed by atoms with Gasteiger partial charge in [0.2, 0.25) is 16.0 Å². The topological polar surface area (TPSA) is 112 Å². The zero-order valence-corrected chi connectivity index (χ0v) is 23.6. The second-order valence-electron chi connectivity index (χ2n) is 8.90. The van der Waals surface area contributed by atoms with E-state index >= 15 is 0 Å². The first-order valence-electron chi connectivity index (χ1n) is 11.9. The van der Waals surface area contributed by atoms with E-state index in [1.807, 2.05) is 30.3 Å². The van der Waals surface area contributed by atoms with Gasteiger partial charge < -0.3 is 0 Å². The first-order valence-corrected chi connectivity index (χ1v) is 15.3. The largest absolute Gasteiger partial charge is 0.264 e. The van der Waals surface area contributed by atoms with E-state index in [2.05, 4.69) is 14.8 Å². The number of guanidine groups is 1. The molecule has 0 amide bonds. The SMILES string of the molecule is CN(C)S(=O)(=O)CC/N=C(/NS(=O)(=O)c1ccc(Cl)cc1)N1C[C@H](c2ccccc2)C(c2ccc(F)cc2)=N1. The van der Waals surface area contributed by atoms with E-state index in [9.17, 15) is 21.2 Å². The molecule has 0 saturated heterocycles. The molecular formula is C26H27ClFN5O4S2. The molecule has 3 aromatic rings. The molecule has 0 spiro atoms. The lowest BCUT2D eigenvalue weighted by Gasteiger charge is -2.20. The highest BCUT2D eigenvalue weighted by Crippen LogP contribution is 2.29. The van der Waals surface area contributed by atoms with Gasteiger partial charge in [-0.3, -0.25) is 0 Å². The molecule has 1 atom stereocenters. The molecule has 1 heterocycles. The fourth-order valence-corrected chi connectivity index (χ4v) is 5.71. The van der Waals surface area contributed by atoms with Gasteiger partial charge in [0.15, 0.2) is 0 Å². The van der Waals surface area contributed by atoms with Crippen molar-refractivity contribution in [1.82, 2.24) is 14.0 Å². The maximum Gasteiger partial charge on any atom is 0.264 e. The molecule has 39 heavy (non-hydrogen) atoms. The van der Waals surface area contributed by atoms with Gasteiger partial charge in [-0.2, -0.15) is 5.10 Å². The number of nitrogens with one attached hydrogen (secondary N) is 1. The lowest BCUT2D eigenvalue weighted by molar-refractivity contribution is 0.461. The summed E-state index contributed by atoms with van der Waals surface area (Å²) in [6.45, 7) is -0.00792. The van der Waals surface area contributed by atoms with Crippen molar-refractivity contribution >= 4 is 43.3 Å². The van der Waals surface area contributed by atoms with Crippen LogP contribution in [0.3, 0.4) is 0 Å². The summed E-state index contributed by atoms with van der Waals surface area (Å²) in [4.78, 5) is 4.27. The minimum Gasteiger partial charge on any atom is -0.250 e. The number of hydrogen-bond donors (Lipinski definition) is 1. The van der Waals surface area contributed by atoms with Crippen LogP contribution in [-0.4, -0.2) is 70.8 Å². The molecule has 1 N–H and O–H groups in total. The number of nitrogens with zero attached hydrogens (tertiary/aromatic N) is 4. The Bertz CT molecular complexity index is 1580. The van der Waals surface area contributed by atoms with E-state index in [-0.39, 0.29) is 35.6 Å². The molecule has 0 aromatic heterocycles. The minimum atomic E-state index is -4.13. The van der Waals surface area contributed by atoms with E-state index in [4.69, 9.17) is 11.6 Å². The zero-order chi connectivity index (χ0) is 28.2. The van der Waals surface area contributed by atoms with E-state index < -0.39 is 25.9 Å². The van der Waals surface area contributed by atoms with Crippen molar-refractivity contribution in [3.8, 4) is 0 Å². The highest BCUT2D eigenvalue weighted by molar-refractivity contribution is 7.90. The predicted octanol–water partition coefficient (Wildman–Crippen LogP) is 3.51. The number of hydrazone groups is 1. The quantitative estimate of drug-likeness (QED) is 0.318. The Kier molecular flexibility index (Phi) is 8.70. The average Bonchev–Trinajstić information content (AvgIpc) is 3.34. The molecule has 0 bridgehead atoms. The van der Waals surface area contributed by atoms with Crippen LogP contribution in [0.1, 0.15) is 17.0 Å². The fourth-order valence-electron chi connectivity index (χ4n) is 3.87. The van der Waals surface area contributed by atoms with Crippen molar-refractivity contribution < 1.29 is 21.2 Å². The molecule has 3 aromatic carbocycles. The smallest absolute Gasteiger partial charge is 0.250 e. The van der Waals surface area contributed by atoms with Crippen molar-refractivity contribution in [1.29, 1.82) is 0 Å². The Morgan fingerprint density at radius 1 is 1.03 bits per heavy atom. The second-order valence-corrected chi connectivity index (χ2v) is 13.3. The fraction of sp³-hybridized carbons (Fsp3) is 0.231. The summed E-state index contributed by atoms with van der Waals surface area (Å²) in [5.41, 5.74) is 2.15. The lowest BCUT2D eigenvalue weighted by atomic mass is 9.91. The van der Waals surface area contributed by atoms with Gasteiger partial charge in [-0.05, 0) is 47.5 Å². The van der Waals surface area contributed by atoms with Crippen LogP contribution in [0.2, 0.25) is 5.02 Å². The molecule has 4 rings (SSSR count). The van der Waals surface area contributed by atoms with Crippen LogP contribution < -0.4 is 4.72 Å². The molecule has 0 fully saturated rings. The molecule has 13 heteroatoms. The summed E-state index contributed by atoms with van der Waals surface area (Å²) in [6, 6.07) is 20.9. The first-order chi connectivity index (χ1) is 18.5. The molecule has 0 aliphatic carbocycles. The van der Waals surface area contributed by atoms with E-state index in [1.165, 1.54) is 55.5 Å². The van der Waals surface area contributed by atoms with Crippen LogP contribution in [0, 0.1) is 5.82 Å². The van der Waals surface area contributed by atoms with Crippen LogP contribution in [0.25, 0.3) is 0 Å². The predicted molar refractivity (Wildman–Crippen MR) is 150 cm³/mol. The third kappa shape index (κ3) is 7.01. The number of halogens is 2. The molecule has 1 aliphatic heterocycles. The number of benzene rings is 3. The van der Waals surface area contributed by atoms with Crippen LogP contribution in [0.5, 0.6) is 0 Å². The number of sulfonamides is 2. The number of rotatable bonds is 8. The van der Waals surface area contributed by atoms with Crippen LogP contribution in [0.4, 0.5) is 4.39 Å². The van der Waals surface area contributed by atoms with Gasteiger partial charge in [0.05, 0.1) is 29.4 Å². The summed E-state index contributed by atoms with van der Waals surface area (Å²) in [6.07, 6.45) is 0. The molecule has 1 aliphatic rings. The van der Waals surface area contributed by atoms with Gasteiger partial charge in [0.25, 0.3) is 10.0 Å². The van der Waals surface area contributed by atoms with E-state index in [0.717, 1.165) is 9.87 Å². The van der Waals surface area contributed by atoms with E-state index in [0.29, 0.717) is 16.3 Å². The Labute approximate surface area is 232 Å². The Morgan fingerprint density at radius 3 is 2.28 bits per heavy atom. The van der Waals surface area contributed by atoms with Crippen molar-refractivity contribution in [3.63, 3.8) is 0 Å². The molecule has 9 nitrogen and oxygen atoms in total. The maximum atomic E-state index is 13.7. The summed E-state index contributed by atoms with van der Waals surface area (Å²) in [5, 5.41) is 6.44. The normalized spacial score (nSPS) is 16.4. The standard InChI is InChI=1S/C26H27ClFN5O4S2/c1-32(2)38(34,35)17-16-29-26(31-39(36,37)23-14-10-21(27)11-15-23)33-18-24(19-6-4-3-5-7-19)25(30-33)20-8-12-22(28)13-9-20/h3-15,24H,16-18H2,1-2H3,(H,29,31)/t24-/m1/s1. The third-order valence-electron chi connectivity index (χ3n) is 6.02. The van der Waals surface area contributed by atoms with E-state index in [1.54, 1.807) is 12.1 Å². The van der Waals surface area contributed by atoms with Gasteiger partial charge in [-0.25, -0.2) is 40.3 Å². The summed E-state index contributed by atoms with van der Waals surface area (Å²) < 4.78 is 68.3. The van der Waals surface area contributed by atoms with Crippen LogP contribution >= 0.6 is 11.6 Å². The van der Waals surface area contributed by atoms with Gasteiger partial charge in [-0.1, -0.05) is 54.1 Å². The lowest BCUT2D eigenvalue weighted by Crippen LogP contribution is -2.41. The Hall–Kier alpha value is -3.32. The van der Waals surface area contributed by atoms with Crippen molar-refractivity contribution in [2.45, 2.75) is 10.8 Å².